The fourth-order valence-electron chi connectivity index (χ4n) is 13.5. The van der Waals surface area contributed by atoms with Crippen LogP contribution in [0.2, 0.25) is 5.02 Å². The number of aromatic nitrogens is 3. The van der Waals surface area contributed by atoms with Crippen LogP contribution in [0.3, 0.4) is 0 Å². The number of fused-ring (bicyclic) bond motifs is 3. The number of thioether (sulfide) groups is 2. The maximum Gasteiger partial charge on any atom is 0.350 e. The Balaban J connectivity index is 0.000000218. The molecule has 5 aliphatic rings. The Morgan fingerprint density at radius 2 is 0.765 bits per heavy atom. The second-order valence-corrected chi connectivity index (χ2v) is 35.5. The molecule has 3 heterocycles. The van der Waals surface area contributed by atoms with Gasteiger partial charge in [0.05, 0.1) is 108 Å². The molecule has 5 fully saturated rings. The van der Waals surface area contributed by atoms with Crippen molar-refractivity contribution in [2.24, 2.45) is 27.1 Å². The first kappa shape index (κ1) is 95.0. The molecule has 0 aliphatic heterocycles. The molecule has 115 heavy (non-hydrogen) atoms. The van der Waals surface area contributed by atoms with Crippen molar-refractivity contribution in [3.05, 3.63) is 186 Å². The first-order chi connectivity index (χ1) is 55.1. The highest BCUT2D eigenvalue weighted by molar-refractivity contribution is 8.26. The van der Waals surface area contributed by atoms with Gasteiger partial charge in [0.25, 0.3) is 0 Å². The van der Waals surface area contributed by atoms with E-state index >= 15 is 0 Å². The van der Waals surface area contributed by atoms with Crippen molar-refractivity contribution in [3.8, 4) is 51.6 Å². The van der Waals surface area contributed by atoms with Crippen LogP contribution in [0.15, 0.2) is 174 Å². The summed E-state index contributed by atoms with van der Waals surface area (Å²) in [4.78, 5) is 75.1. The average Bonchev–Trinajstić information content (AvgIpc) is 0.707. The minimum absolute atomic E-state index is 0.0127. The number of hydrogen-bond acceptors (Lipinski definition) is 24. The van der Waals surface area contributed by atoms with E-state index in [0.29, 0.717) is 46.1 Å². The first-order valence-electron chi connectivity index (χ1n) is 36.3. The van der Waals surface area contributed by atoms with Gasteiger partial charge in [-0.3, -0.25) is 34.1 Å². The van der Waals surface area contributed by atoms with Crippen molar-refractivity contribution in [3.63, 3.8) is 0 Å². The molecule has 23 nitrogen and oxygen atoms in total. The van der Waals surface area contributed by atoms with E-state index in [1.54, 1.807) is 54.4 Å². The molecule has 0 atom stereocenters. The van der Waals surface area contributed by atoms with Gasteiger partial charge >= 0.3 is 29.8 Å². The lowest BCUT2D eigenvalue weighted by Gasteiger charge is -2.38. The number of rotatable bonds is 17. The van der Waals surface area contributed by atoms with Gasteiger partial charge in [0.2, 0.25) is 18.3 Å². The molecule has 610 valence electrons. The third-order valence-corrected chi connectivity index (χ3v) is 24.1. The van der Waals surface area contributed by atoms with Crippen molar-refractivity contribution >= 4 is 148 Å². The number of carbonyl (C=O) groups excluding carboxylic acids is 4. The fourth-order valence-corrected chi connectivity index (χ4v) is 16.3. The summed E-state index contributed by atoms with van der Waals surface area (Å²) in [5.74, 6) is -0.520. The average molecular weight is 1730 g/mol. The van der Waals surface area contributed by atoms with Crippen molar-refractivity contribution < 1.29 is 81.4 Å². The van der Waals surface area contributed by atoms with Crippen molar-refractivity contribution in [2.45, 2.75) is 119 Å². The Labute approximate surface area is 698 Å². The van der Waals surface area contributed by atoms with E-state index in [9.17, 15) is 48.0 Å². The first-order valence-corrected chi connectivity index (χ1v) is 44.1. The molecule has 0 amide bonds. The summed E-state index contributed by atoms with van der Waals surface area (Å²) in [7, 11) is 14.0. The molecule has 3 aromatic heterocycles. The Hall–Kier alpha value is -8.83. The van der Waals surface area contributed by atoms with Crippen molar-refractivity contribution in [2.75, 3.05) is 59.4 Å². The summed E-state index contributed by atoms with van der Waals surface area (Å²) in [6.07, 6.45) is 25.7. The third kappa shape index (κ3) is 24.6. The lowest BCUT2D eigenvalue weighted by molar-refractivity contribution is -0.252. The third-order valence-electron chi connectivity index (χ3n) is 21.0. The number of aliphatic hydroxyl groups is 3. The van der Waals surface area contributed by atoms with Crippen LogP contribution >= 0.6 is 67.2 Å². The van der Waals surface area contributed by atoms with Gasteiger partial charge in [0.1, 0.15) is 0 Å². The summed E-state index contributed by atoms with van der Waals surface area (Å²) in [5, 5.41) is 76.6. The second kappa shape index (κ2) is 45.6. The van der Waals surface area contributed by atoms with Gasteiger partial charge in [0, 0.05) is 130 Å². The van der Waals surface area contributed by atoms with Crippen molar-refractivity contribution in [1.82, 2.24) is 15.0 Å². The zero-order chi connectivity index (χ0) is 84.6. The minimum atomic E-state index is -3.19. The molecule has 0 bridgehead atoms. The van der Waals surface area contributed by atoms with Gasteiger partial charge in [-0.05, 0) is 140 Å². The van der Waals surface area contributed by atoms with Crippen LogP contribution < -0.4 is 0 Å². The van der Waals surface area contributed by atoms with E-state index < -0.39 is 46.5 Å². The number of methoxy groups -OCH3 is 3. The van der Waals surface area contributed by atoms with Gasteiger partial charge in [0.15, 0.2) is 0 Å². The number of pyridine rings is 3. The van der Waals surface area contributed by atoms with E-state index in [2.05, 4.69) is 81.8 Å². The van der Waals surface area contributed by atoms with Crippen LogP contribution in [-0.4, -0.2) is 143 Å². The largest absolute Gasteiger partial charge is 0.481 e. The highest BCUT2D eigenvalue weighted by Gasteiger charge is 2.48. The lowest BCUT2D eigenvalue weighted by Crippen LogP contribution is -2.42. The maximum absolute atomic E-state index is 12.3. The second-order valence-electron chi connectivity index (χ2n) is 27.5. The number of ether oxygens (including phenoxy) is 3. The molecular formula is C84H90Cl4N6O17S4. The molecule has 5 saturated carbocycles. The quantitative estimate of drug-likeness (QED) is 0.0141. The summed E-state index contributed by atoms with van der Waals surface area (Å²) < 4.78 is 42.2. The summed E-state index contributed by atoms with van der Waals surface area (Å²) >= 11 is 9.49. The molecule has 31 heteroatoms. The van der Waals surface area contributed by atoms with Gasteiger partial charge in [-0.25, -0.2) is 17.4 Å². The SMILES string of the molecule is CCC1(C(=O)OC)CCC1.CO.COC(=O)C1(CO)CCC1.COC(=O)C1(CSc2ccncc2-c2ccc(C#N)c3ccccc23)CCC1.CS(=O)(=O)Cl.N#Cc1ccc(-c2cnccc2Cl)c2ccccc12.N#Cc1ccc(-c2cnccc2SCC2(C(=O)O)CCC2)c2ccccc12.O=C(OO)C1(CO)CCC1.O=S(Cl)Cl. The molecule has 0 saturated heterocycles. The van der Waals surface area contributed by atoms with E-state index in [0.717, 1.165) is 172 Å². The van der Waals surface area contributed by atoms with Crippen LogP contribution in [-0.2, 0) is 61.3 Å². The van der Waals surface area contributed by atoms with E-state index in [1.165, 1.54) is 27.8 Å². The number of nitriles is 3. The number of nitrogens with zero attached hydrogens (tertiary/aromatic N) is 6. The van der Waals surface area contributed by atoms with E-state index in [1.807, 2.05) is 134 Å². The smallest absolute Gasteiger partial charge is 0.350 e. The maximum atomic E-state index is 12.3. The van der Waals surface area contributed by atoms with Crippen LogP contribution in [0.25, 0.3) is 65.7 Å². The monoisotopic (exact) mass is 1720 g/mol. The number of carbonyl (C=O) groups is 5. The molecule has 9 aromatic rings. The Kier molecular flexibility index (Phi) is 37.7. The number of carboxylic acids is 1. The Morgan fingerprint density at radius 1 is 0.478 bits per heavy atom. The van der Waals surface area contributed by atoms with Gasteiger partial charge in [-0.1, -0.05) is 142 Å². The molecule has 0 spiro atoms. The molecule has 0 radical (unpaired) electrons. The minimum Gasteiger partial charge on any atom is -0.481 e. The number of hydrogen-bond donors (Lipinski definition) is 5. The topological polar surface area (TPSA) is 385 Å². The number of aliphatic carboxylic acids is 1. The number of carboxylic acid groups (broad SMARTS) is 1. The number of halogens is 4. The molecule has 5 N–H and O–H groups in total. The molecular weight excluding hydrogens is 1640 g/mol. The lowest BCUT2D eigenvalue weighted by atomic mass is 9.67. The molecule has 6 aromatic carbocycles. The van der Waals surface area contributed by atoms with E-state index in [4.69, 9.17) is 51.1 Å². The zero-order valence-corrected chi connectivity index (χ0v) is 70.5. The van der Waals surface area contributed by atoms with Crippen LogP contribution in [0.5, 0.6) is 0 Å². The van der Waals surface area contributed by atoms with Gasteiger partial charge < -0.3 is 39.5 Å². The molecule has 14 rings (SSSR count). The highest BCUT2D eigenvalue weighted by Crippen LogP contribution is 2.50. The van der Waals surface area contributed by atoms with Crippen LogP contribution in [0.1, 0.15) is 126 Å². The summed E-state index contributed by atoms with van der Waals surface area (Å²) in [6.45, 7) is 1.75. The summed E-state index contributed by atoms with van der Waals surface area (Å²) in [5.41, 5.74) is 5.53. The van der Waals surface area contributed by atoms with Gasteiger partial charge in [-0.15, -0.1) is 23.5 Å². The predicted molar refractivity (Wildman–Crippen MR) is 449 cm³/mol. The van der Waals surface area contributed by atoms with Crippen LogP contribution in [0, 0.1) is 61.1 Å². The molecule has 0 unspecified atom stereocenters. The summed E-state index contributed by atoms with van der Waals surface area (Å²) in [6, 6.07) is 47.4. The number of benzene rings is 6. The zero-order valence-electron chi connectivity index (χ0n) is 64.2. The molecule has 5 aliphatic carbocycles. The highest BCUT2D eigenvalue weighted by atomic mass is 36.0. The predicted octanol–water partition coefficient (Wildman–Crippen LogP) is 17.8. The Morgan fingerprint density at radius 3 is 1.02 bits per heavy atom. The number of aliphatic hydroxyl groups excluding tert-OH is 3. The van der Waals surface area contributed by atoms with Crippen LogP contribution in [0.4, 0.5) is 0 Å². The normalized spacial score (nSPS) is 15.3. The number of esters is 3. The fraction of sp³-hybridized carbons (Fsp3) is 0.369. The van der Waals surface area contributed by atoms with Gasteiger partial charge in [-0.2, -0.15) is 21.0 Å². The van der Waals surface area contributed by atoms with Crippen molar-refractivity contribution in [1.29, 1.82) is 15.8 Å². The standard InChI is InChI=1S/C23H20N2O2S.C22H18N2O2S.C16H9ClN2.C8H14O2.C7H12O3.C6H10O4.CH3ClO2S.CH4O.Cl2OS/c1-27-22(26)23(10-4-11-23)15-28-21-9-12-25-14-20(21)19-8-7-16(13-24)17-5-2-3-6-18(17)19;23-12-15-6-7-18(17-5-2-1-4-16(15)17)19-13-24-11-8-20(19)27-14-22(21(25)26)9-3-10-22;17-16-7-8-19-10-15(16)14-6-5-11(9-18)12-3-1-2-4-13(12)14;1-3-8(5-4-6-8)7(9)10-2;1-10-6(9)7(5-8)3-2-4-7;7-4-6(2-1-3-6)5(8)10-9;1-5(2,3)4;1-2;1-4(2)3/h2-3,5-9,12,14H,4,10-11,15H2,1H3;1-2,4-8,11,13H,3,9-10,14H2,(H,25,26);1-8,10H;3-6H2,1-2H3;8H,2-5H2,1H3;7,9H,1-4H2;1H3;2H,1H3;. The van der Waals surface area contributed by atoms with E-state index in [-0.39, 0.29) is 42.0 Å². The Bertz CT molecular complexity index is 5010.